The molecule has 0 radical (unpaired) electrons. The molecule has 88 valence electrons. The number of nitriles is 1. The van der Waals surface area contributed by atoms with Gasteiger partial charge in [0, 0.05) is 29.1 Å². The molecule has 0 aromatic carbocycles. The van der Waals surface area contributed by atoms with Gasteiger partial charge in [0.15, 0.2) is 0 Å². The average molecular weight is 254 g/mol. The van der Waals surface area contributed by atoms with E-state index >= 15 is 0 Å². The lowest BCUT2D eigenvalue weighted by atomic mass is 10.3. The van der Waals surface area contributed by atoms with Gasteiger partial charge in [0.1, 0.15) is 6.07 Å². The summed E-state index contributed by atoms with van der Waals surface area (Å²) in [5, 5.41) is 14.0. The summed E-state index contributed by atoms with van der Waals surface area (Å²) in [4.78, 5) is 1.24. The highest BCUT2D eigenvalue weighted by molar-refractivity contribution is 7.99. The monoisotopic (exact) mass is 254 g/mol. The quantitative estimate of drug-likeness (QED) is 0.760. The number of thiophene rings is 1. The summed E-state index contributed by atoms with van der Waals surface area (Å²) >= 11 is 3.65. The Labute approximate surface area is 106 Å². The maximum atomic E-state index is 8.68. The van der Waals surface area contributed by atoms with Crippen molar-refractivity contribution >= 4 is 23.1 Å². The largest absolute Gasteiger partial charge is 0.311 e. The van der Waals surface area contributed by atoms with E-state index in [-0.39, 0.29) is 0 Å². The number of thioether (sulfide) groups is 1. The van der Waals surface area contributed by atoms with Crippen LogP contribution >= 0.6 is 23.1 Å². The Bertz CT molecular complexity index is 339. The summed E-state index contributed by atoms with van der Waals surface area (Å²) in [5.74, 6) is 3.17. The Kier molecular flexibility index (Phi) is 6.55. The van der Waals surface area contributed by atoms with Gasteiger partial charge in [0.05, 0.1) is 5.56 Å². The third-order valence-electron chi connectivity index (χ3n) is 1.96. The first-order valence-corrected chi connectivity index (χ1v) is 7.51. The van der Waals surface area contributed by atoms with E-state index in [1.165, 1.54) is 10.6 Å². The van der Waals surface area contributed by atoms with Gasteiger partial charge in [0.2, 0.25) is 0 Å². The van der Waals surface area contributed by atoms with E-state index in [1.807, 2.05) is 23.2 Å². The van der Waals surface area contributed by atoms with Gasteiger partial charge in [0.25, 0.3) is 0 Å². The molecule has 1 aromatic rings. The van der Waals surface area contributed by atoms with Crippen molar-refractivity contribution in [1.29, 1.82) is 5.26 Å². The lowest BCUT2D eigenvalue weighted by Crippen LogP contribution is -2.16. The molecule has 0 atom stereocenters. The molecule has 0 aliphatic carbocycles. The Morgan fingerprint density at radius 2 is 2.38 bits per heavy atom. The van der Waals surface area contributed by atoms with Gasteiger partial charge in [-0.05, 0) is 17.7 Å². The van der Waals surface area contributed by atoms with Crippen LogP contribution in [-0.4, -0.2) is 18.1 Å². The fraction of sp³-hybridized carbons (Fsp3) is 0.583. The molecule has 0 spiro atoms. The van der Waals surface area contributed by atoms with E-state index in [0.29, 0.717) is 0 Å². The molecule has 1 rings (SSSR count). The predicted molar refractivity (Wildman–Crippen MR) is 72.9 cm³/mol. The van der Waals surface area contributed by atoms with Crippen molar-refractivity contribution in [3.8, 4) is 6.07 Å². The van der Waals surface area contributed by atoms with Crippen molar-refractivity contribution in [1.82, 2.24) is 5.32 Å². The molecule has 1 heterocycles. The first-order chi connectivity index (χ1) is 7.72. The van der Waals surface area contributed by atoms with Crippen LogP contribution in [0.5, 0.6) is 0 Å². The van der Waals surface area contributed by atoms with Crippen molar-refractivity contribution in [3.05, 3.63) is 21.9 Å². The summed E-state index contributed by atoms with van der Waals surface area (Å²) < 4.78 is 0. The highest BCUT2D eigenvalue weighted by Crippen LogP contribution is 2.13. The van der Waals surface area contributed by atoms with E-state index < -0.39 is 0 Å². The van der Waals surface area contributed by atoms with E-state index in [4.69, 9.17) is 5.26 Å². The van der Waals surface area contributed by atoms with Crippen LogP contribution in [0.25, 0.3) is 0 Å². The molecule has 0 saturated heterocycles. The molecule has 0 unspecified atom stereocenters. The van der Waals surface area contributed by atoms with Crippen LogP contribution in [0.4, 0.5) is 0 Å². The molecule has 0 aliphatic rings. The first-order valence-electron chi connectivity index (χ1n) is 5.48. The predicted octanol–water partition coefficient (Wildman–Crippen LogP) is 3.10. The summed E-state index contributed by atoms with van der Waals surface area (Å²) in [6.07, 6.45) is 0. The standard InChI is InChI=1S/C12H18N2S2/c1-10(2)8-15-4-3-14-7-12-5-11(6-13)9-16-12/h5,9-10,14H,3-4,7-8H2,1-2H3. The fourth-order valence-electron chi connectivity index (χ4n) is 1.21. The van der Waals surface area contributed by atoms with Crippen molar-refractivity contribution < 1.29 is 0 Å². The normalized spacial score (nSPS) is 10.6. The molecule has 0 saturated carbocycles. The zero-order valence-electron chi connectivity index (χ0n) is 9.82. The Morgan fingerprint density at radius 1 is 1.56 bits per heavy atom. The minimum Gasteiger partial charge on any atom is -0.311 e. The second-order valence-corrected chi connectivity index (χ2v) is 6.20. The van der Waals surface area contributed by atoms with Crippen molar-refractivity contribution in [2.75, 3.05) is 18.1 Å². The summed E-state index contributed by atoms with van der Waals surface area (Å²) in [6.45, 7) is 6.41. The zero-order valence-corrected chi connectivity index (χ0v) is 11.5. The number of nitrogens with zero attached hydrogens (tertiary/aromatic N) is 1. The van der Waals surface area contributed by atoms with Crippen LogP contribution in [0, 0.1) is 17.2 Å². The van der Waals surface area contributed by atoms with Crippen LogP contribution in [-0.2, 0) is 6.54 Å². The molecular weight excluding hydrogens is 236 g/mol. The van der Waals surface area contributed by atoms with E-state index in [9.17, 15) is 0 Å². The summed E-state index contributed by atoms with van der Waals surface area (Å²) in [5.41, 5.74) is 0.774. The van der Waals surface area contributed by atoms with Gasteiger partial charge in [-0.1, -0.05) is 13.8 Å². The number of hydrogen-bond acceptors (Lipinski definition) is 4. The van der Waals surface area contributed by atoms with Crippen molar-refractivity contribution in [2.24, 2.45) is 5.92 Å². The Morgan fingerprint density at radius 3 is 3.00 bits per heavy atom. The molecular formula is C12H18N2S2. The van der Waals surface area contributed by atoms with E-state index in [1.54, 1.807) is 11.3 Å². The van der Waals surface area contributed by atoms with Crippen LogP contribution < -0.4 is 5.32 Å². The highest BCUT2D eigenvalue weighted by atomic mass is 32.2. The number of rotatable bonds is 7. The maximum Gasteiger partial charge on any atom is 0.100 e. The number of nitrogens with one attached hydrogen (secondary N) is 1. The first kappa shape index (κ1) is 13.6. The lowest BCUT2D eigenvalue weighted by Gasteiger charge is -2.05. The van der Waals surface area contributed by atoms with Crippen LogP contribution in [0.3, 0.4) is 0 Å². The van der Waals surface area contributed by atoms with Crippen molar-refractivity contribution in [2.45, 2.75) is 20.4 Å². The smallest absolute Gasteiger partial charge is 0.100 e. The lowest BCUT2D eigenvalue weighted by molar-refractivity contribution is 0.732. The van der Waals surface area contributed by atoms with Gasteiger partial charge < -0.3 is 5.32 Å². The minimum absolute atomic E-state index is 0.774. The van der Waals surface area contributed by atoms with Gasteiger partial charge in [-0.2, -0.15) is 17.0 Å². The molecule has 1 aromatic heterocycles. The Hall–Kier alpha value is -0.500. The van der Waals surface area contributed by atoms with Crippen LogP contribution in [0.15, 0.2) is 11.4 Å². The topological polar surface area (TPSA) is 35.8 Å². The average Bonchev–Trinajstić information content (AvgIpc) is 2.70. The molecule has 0 aliphatic heterocycles. The van der Waals surface area contributed by atoms with Crippen molar-refractivity contribution in [3.63, 3.8) is 0 Å². The van der Waals surface area contributed by atoms with Crippen LogP contribution in [0.1, 0.15) is 24.3 Å². The molecule has 2 nitrogen and oxygen atoms in total. The third-order valence-corrected chi connectivity index (χ3v) is 4.29. The summed E-state index contributed by atoms with van der Waals surface area (Å²) in [7, 11) is 0. The maximum absolute atomic E-state index is 8.68. The highest BCUT2D eigenvalue weighted by Gasteiger charge is 1.98. The van der Waals surface area contributed by atoms with E-state index in [2.05, 4.69) is 25.2 Å². The molecule has 16 heavy (non-hydrogen) atoms. The van der Waals surface area contributed by atoms with Gasteiger partial charge in [-0.15, -0.1) is 11.3 Å². The molecule has 0 fully saturated rings. The molecule has 4 heteroatoms. The van der Waals surface area contributed by atoms with Gasteiger partial charge in [-0.25, -0.2) is 0 Å². The number of hydrogen-bond donors (Lipinski definition) is 1. The Balaban J connectivity index is 2.05. The molecule has 0 amide bonds. The van der Waals surface area contributed by atoms with Gasteiger partial charge in [-0.3, -0.25) is 0 Å². The molecule has 0 bridgehead atoms. The van der Waals surface area contributed by atoms with E-state index in [0.717, 1.165) is 30.3 Å². The summed E-state index contributed by atoms with van der Waals surface area (Å²) in [6, 6.07) is 4.11. The second kappa shape index (κ2) is 7.72. The van der Waals surface area contributed by atoms with Crippen LogP contribution in [0.2, 0.25) is 0 Å². The molecule has 1 N–H and O–H groups in total. The second-order valence-electron chi connectivity index (χ2n) is 4.06. The SMILES string of the molecule is CC(C)CSCCNCc1cc(C#N)cs1. The third kappa shape index (κ3) is 5.55. The van der Waals surface area contributed by atoms with Gasteiger partial charge >= 0.3 is 0 Å². The fourth-order valence-corrected chi connectivity index (χ4v) is 2.91. The minimum atomic E-state index is 0.774. The zero-order chi connectivity index (χ0) is 11.8.